The highest BCUT2D eigenvalue weighted by Gasteiger charge is 1.98. The van der Waals surface area contributed by atoms with E-state index in [1.807, 2.05) is 31.2 Å². The van der Waals surface area contributed by atoms with Crippen molar-refractivity contribution in [3.8, 4) is 0 Å². The third-order valence-corrected chi connectivity index (χ3v) is 2.27. The Labute approximate surface area is 132 Å². The van der Waals surface area contributed by atoms with E-state index in [1.54, 1.807) is 0 Å². The van der Waals surface area contributed by atoms with Crippen LogP contribution < -0.4 is 10.6 Å². The molecule has 1 aromatic carbocycles. The average molecular weight is 310 g/mol. The molecule has 1 amide bonds. The molecule has 0 radical (unpaired) electrons. The number of amides is 1. The van der Waals surface area contributed by atoms with Crippen molar-refractivity contribution in [2.24, 2.45) is 0 Å². The van der Waals surface area contributed by atoms with E-state index in [4.69, 9.17) is 0 Å². The van der Waals surface area contributed by atoms with Crippen LogP contribution in [0.5, 0.6) is 0 Å². The van der Waals surface area contributed by atoms with E-state index in [0.29, 0.717) is 12.5 Å². The minimum absolute atomic E-state index is 0.0494. The van der Waals surface area contributed by atoms with Crippen molar-refractivity contribution < 1.29 is 19.4 Å². The van der Waals surface area contributed by atoms with Gasteiger partial charge in [0.1, 0.15) is 0 Å². The fraction of sp³-hybridized carbons (Fsp3) is 0.500. The first kappa shape index (κ1) is 19.9. The second-order valence-electron chi connectivity index (χ2n) is 4.93. The lowest BCUT2D eigenvalue weighted by atomic mass is 10.2. The highest BCUT2D eigenvalue weighted by molar-refractivity contribution is 5.89. The number of hydrogen-bond acceptors (Lipinski definition) is 5. The second-order valence-corrected chi connectivity index (χ2v) is 4.93. The van der Waals surface area contributed by atoms with Crippen molar-refractivity contribution >= 4 is 23.3 Å². The summed E-state index contributed by atoms with van der Waals surface area (Å²) in [6, 6.07) is 8.07. The van der Waals surface area contributed by atoms with Crippen LogP contribution in [-0.2, 0) is 19.4 Å². The van der Waals surface area contributed by atoms with Gasteiger partial charge in [-0.1, -0.05) is 13.0 Å². The molecule has 0 aliphatic carbocycles. The maximum Gasteiger partial charge on any atom is 0.342 e. The highest BCUT2D eigenvalue weighted by Crippen LogP contribution is 2.15. The zero-order valence-corrected chi connectivity index (χ0v) is 13.9. The van der Waals surface area contributed by atoms with Gasteiger partial charge in [0.05, 0.1) is 7.11 Å². The van der Waals surface area contributed by atoms with Crippen LogP contribution in [0.15, 0.2) is 24.3 Å². The molecule has 0 aliphatic rings. The summed E-state index contributed by atoms with van der Waals surface area (Å²) in [6.45, 7) is 7.55. The lowest BCUT2D eigenvalue weighted by molar-refractivity contribution is -0.254. The van der Waals surface area contributed by atoms with Gasteiger partial charge in [-0.25, -0.2) is 4.79 Å². The number of anilines is 2. The molecule has 0 unspecified atom stereocenters. The zero-order chi connectivity index (χ0) is 17.0. The van der Waals surface area contributed by atoms with Crippen molar-refractivity contribution in [2.75, 3.05) is 17.7 Å². The predicted octanol–water partition coefficient (Wildman–Crippen LogP) is 3.36. The fourth-order valence-electron chi connectivity index (χ4n) is 1.56. The van der Waals surface area contributed by atoms with Crippen LogP contribution in [0.4, 0.5) is 11.4 Å². The number of rotatable bonds is 6. The van der Waals surface area contributed by atoms with Gasteiger partial charge in [-0.2, -0.15) is 4.89 Å². The Bertz CT molecular complexity index is 453. The van der Waals surface area contributed by atoms with Crippen LogP contribution in [0.1, 0.15) is 40.5 Å². The monoisotopic (exact) mass is 310 g/mol. The molecule has 2 N–H and O–H groups in total. The fourth-order valence-corrected chi connectivity index (χ4v) is 1.56. The second kappa shape index (κ2) is 11.6. The van der Waals surface area contributed by atoms with Gasteiger partial charge in [0.2, 0.25) is 5.91 Å². The Morgan fingerprint density at radius 1 is 1.23 bits per heavy atom. The highest BCUT2D eigenvalue weighted by atomic mass is 17.2. The van der Waals surface area contributed by atoms with E-state index in [2.05, 4.69) is 34.3 Å². The van der Waals surface area contributed by atoms with Crippen LogP contribution in [-0.4, -0.2) is 25.0 Å². The summed E-state index contributed by atoms with van der Waals surface area (Å²) in [5.41, 5.74) is 1.84. The van der Waals surface area contributed by atoms with Gasteiger partial charge in [-0.15, -0.1) is 0 Å². The lowest BCUT2D eigenvalue weighted by Gasteiger charge is -2.11. The summed E-state index contributed by atoms with van der Waals surface area (Å²) in [4.78, 5) is 29.4. The van der Waals surface area contributed by atoms with E-state index in [1.165, 1.54) is 14.0 Å². The summed E-state index contributed by atoms with van der Waals surface area (Å²) in [5, 5.41) is 6.01. The third kappa shape index (κ3) is 10.7. The summed E-state index contributed by atoms with van der Waals surface area (Å²) >= 11 is 0. The van der Waals surface area contributed by atoms with Gasteiger partial charge < -0.3 is 10.6 Å². The maximum atomic E-state index is 10.8. The summed E-state index contributed by atoms with van der Waals surface area (Å²) in [5.74, 6) is -0.360. The molecule has 6 nitrogen and oxygen atoms in total. The molecule has 0 aliphatic heterocycles. The molecule has 0 heterocycles. The molecule has 6 heteroatoms. The van der Waals surface area contributed by atoms with E-state index >= 15 is 0 Å². The Morgan fingerprint density at radius 3 is 2.36 bits per heavy atom. The molecule has 22 heavy (non-hydrogen) atoms. The molecule has 0 saturated heterocycles. The summed E-state index contributed by atoms with van der Waals surface area (Å²) in [7, 11) is 1.31. The average Bonchev–Trinajstić information content (AvgIpc) is 2.38. The Morgan fingerprint density at radius 2 is 1.86 bits per heavy atom. The smallest absolute Gasteiger partial charge is 0.342 e. The quantitative estimate of drug-likeness (QED) is 0.622. The molecule has 0 atom stereocenters. The van der Waals surface area contributed by atoms with Crippen molar-refractivity contribution in [3.63, 3.8) is 0 Å². The van der Waals surface area contributed by atoms with Gasteiger partial charge in [0.15, 0.2) is 0 Å². The van der Waals surface area contributed by atoms with Crippen LogP contribution in [0.2, 0.25) is 0 Å². The first-order valence-electron chi connectivity index (χ1n) is 7.26. The topological polar surface area (TPSA) is 76.7 Å². The molecule has 0 spiro atoms. The number of hydrogen-bond donors (Lipinski definition) is 2. The van der Waals surface area contributed by atoms with Crippen LogP contribution >= 0.6 is 0 Å². The van der Waals surface area contributed by atoms with Crippen LogP contribution in [0.3, 0.4) is 0 Å². The van der Waals surface area contributed by atoms with Gasteiger partial charge in [-0.05, 0) is 38.5 Å². The zero-order valence-electron chi connectivity index (χ0n) is 13.9. The molecule has 0 bridgehead atoms. The normalized spacial score (nSPS) is 9.55. The van der Waals surface area contributed by atoms with Gasteiger partial charge >= 0.3 is 5.97 Å². The molecule has 1 rings (SSSR count). The van der Waals surface area contributed by atoms with Crippen molar-refractivity contribution in [3.05, 3.63) is 24.3 Å². The molecule has 0 aromatic heterocycles. The largest absolute Gasteiger partial charge is 0.383 e. The first-order valence-corrected chi connectivity index (χ1v) is 7.26. The Kier molecular flexibility index (Phi) is 10.5. The first-order chi connectivity index (χ1) is 10.4. The van der Waals surface area contributed by atoms with Gasteiger partial charge in [0, 0.05) is 30.8 Å². The maximum absolute atomic E-state index is 10.8. The van der Waals surface area contributed by atoms with Gasteiger partial charge in [-0.3, -0.25) is 9.68 Å². The van der Waals surface area contributed by atoms with Gasteiger partial charge in [0.25, 0.3) is 0 Å². The molecular weight excluding hydrogens is 284 g/mol. The molecule has 0 fully saturated rings. The Hall–Kier alpha value is -2.08. The summed E-state index contributed by atoms with van der Waals surface area (Å²) in [6.07, 6.45) is 1.22. The Balaban J connectivity index is 0.000000472. The molecule has 124 valence electrons. The predicted molar refractivity (Wildman–Crippen MR) is 87.5 cm³/mol. The summed E-state index contributed by atoms with van der Waals surface area (Å²) < 4.78 is 0. The number of carbonyl (C=O) groups excluding carboxylic acids is 2. The van der Waals surface area contributed by atoms with Crippen molar-refractivity contribution in [1.29, 1.82) is 0 Å². The SMILES string of the molecule is CC(=O)Nc1cccc(NC(C)C)c1.CCCC(=O)OOC. The van der Waals surface area contributed by atoms with Crippen LogP contribution in [0.25, 0.3) is 0 Å². The lowest BCUT2D eigenvalue weighted by Crippen LogP contribution is -2.10. The van der Waals surface area contributed by atoms with Crippen molar-refractivity contribution in [2.45, 2.75) is 46.6 Å². The molecule has 1 aromatic rings. The molecule has 0 saturated carbocycles. The minimum atomic E-state index is -0.310. The van der Waals surface area contributed by atoms with E-state index < -0.39 is 0 Å². The standard InChI is InChI=1S/C11H16N2O.C5H10O3/c1-8(2)12-10-5-4-6-11(7-10)13-9(3)14;1-3-4-5(6)8-7-2/h4-8,12H,1-3H3,(H,13,14);3-4H2,1-2H3. The third-order valence-electron chi connectivity index (χ3n) is 2.27. The van der Waals surface area contributed by atoms with Crippen molar-refractivity contribution in [1.82, 2.24) is 0 Å². The number of carbonyl (C=O) groups is 2. The number of nitrogens with one attached hydrogen (secondary N) is 2. The minimum Gasteiger partial charge on any atom is -0.383 e. The van der Waals surface area contributed by atoms with Crippen LogP contribution in [0, 0.1) is 0 Å². The number of benzene rings is 1. The molecular formula is C16H26N2O4. The van der Waals surface area contributed by atoms with E-state index in [0.717, 1.165) is 17.8 Å². The van der Waals surface area contributed by atoms with E-state index in [-0.39, 0.29) is 11.9 Å². The van der Waals surface area contributed by atoms with E-state index in [9.17, 15) is 9.59 Å².